The fraction of sp³-hybridized carbons (Fsp3) is 0.154. The third kappa shape index (κ3) is 3.40. The first kappa shape index (κ1) is 22.0. The summed E-state index contributed by atoms with van der Waals surface area (Å²) in [5.74, 6) is -0.0135. The molecule has 0 bridgehead atoms. The molecule has 3 aromatic carbocycles. The lowest BCUT2D eigenvalue weighted by molar-refractivity contribution is 0.415. The Morgan fingerprint density at radius 2 is 1.79 bits per heavy atom. The zero-order valence-electron chi connectivity index (χ0n) is 18.8. The molecule has 0 atom stereocenters. The molecule has 0 N–H and O–H groups in total. The largest absolute Gasteiger partial charge is 0.497 e. The van der Waals surface area contributed by atoms with Gasteiger partial charge >= 0.3 is 5.69 Å². The van der Waals surface area contributed by atoms with Gasteiger partial charge in [-0.2, -0.15) is 0 Å². The molecule has 0 amide bonds. The molecule has 34 heavy (non-hydrogen) atoms. The van der Waals surface area contributed by atoms with E-state index in [9.17, 15) is 14.0 Å². The van der Waals surface area contributed by atoms with E-state index in [0.29, 0.717) is 16.8 Å². The third-order valence-electron chi connectivity index (χ3n) is 6.06. The van der Waals surface area contributed by atoms with Crippen molar-refractivity contribution in [3.05, 3.63) is 103 Å². The van der Waals surface area contributed by atoms with Crippen molar-refractivity contribution in [1.29, 1.82) is 0 Å². The van der Waals surface area contributed by atoms with Crippen LogP contribution in [0, 0.1) is 12.7 Å². The maximum atomic E-state index is 13.8. The number of hydrogen-bond acceptors (Lipinski definition) is 3. The minimum Gasteiger partial charge on any atom is -0.497 e. The van der Waals surface area contributed by atoms with E-state index in [1.807, 2.05) is 49.4 Å². The number of benzene rings is 3. The van der Waals surface area contributed by atoms with E-state index < -0.39 is 17.1 Å². The van der Waals surface area contributed by atoms with Crippen molar-refractivity contribution in [2.45, 2.75) is 13.5 Å². The molecule has 0 aliphatic rings. The first-order chi connectivity index (χ1) is 16.3. The maximum Gasteiger partial charge on any atom is 0.336 e. The minimum absolute atomic E-state index is 0.170. The Hall–Kier alpha value is -3.84. The van der Waals surface area contributed by atoms with Crippen LogP contribution in [0.2, 0.25) is 5.02 Å². The van der Waals surface area contributed by atoms with Crippen LogP contribution in [-0.2, 0) is 13.6 Å². The van der Waals surface area contributed by atoms with E-state index in [-0.39, 0.29) is 17.3 Å². The molecule has 0 saturated carbocycles. The molecule has 5 aromatic rings. The Kier molecular flexibility index (Phi) is 5.29. The van der Waals surface area contributed by atoms with Gasteiger partial charge in [0.05, 0.1) is 35.4 Å². The highest BCUT2D eigenvalue weighted by Gasteiger charge is 2.22. The first-order valence-corrected chi connectivity index (χ1v) is 11.0. The van der Waals surface area contributed by atoms with Crippen LogP contribution in [0.15, 0.2) is 70.3 Å². The molecule has 5 rings (SSSR count). The van der Waals surface area contributed by atoms with E-state index >= 15 is 0 Å². The van der Waals surface area contributed by atoms with Gasteiger partial charge in [-0.25, -0.2) is 13.8 Å². The summed E-state index contributed by atoms with van der Waals surface area (Å²) in [4.78, 5) is 27.6. The lowest BCUT2D eigenvalue weighted by atomic mass is 10.1. The number of aryl methyl sites for hydroxylation is 2. The van der Waals surface area contributed by atoms with E-state index in [0.717, 1.165) is 32.7 Å². The summed E-state index contributed by atoms with van der Waals surface area (Å²) in [6, 6.07) is 17.1. The second-order valence-electron chi connectivity index (χ2n) is 8.24. The Labute approximate surface area is 199 Å². The van der Waals surface area contributed by atoms with Gasteiger partial charge < -0.3 is 9.30 Å². The van der Waals surface area contributed by atoms with Gasteiger partial charge in [0, 0.05) is 12.4 Å². The Balaban J connectivity index is 1.94. The normalized spacial score (nSPS) is 11.4. The highest BCUT2D eigenvalue weighted by atomic mass is 35.5. The standard InChI is InChI=1S/C26H21ClFN3O3/c1-15-5-4-6-16(11-15)14-30-23-19-13-18(34-3)8-10-22(19)29(2)24(23)25(32)31(26(30)33)17-7-9-21(28)20(27)12-17/h4-13H,14H2,1-3H3. The van der Waals surface area contributed by atoms with Crippen molar-refractivity contribution >= 4 is 33.5 Å². The van der Waals surface area contributed by atoms with Crippen LogP contribution in [-0.4, -0.2) is 20.8 Å². The van der Waals surface area contributed by atoms with Gasteiger partial charge in [0.1, 0.15) is 17.1 Å². The fourth-order valence-corrected chi connectivity index (χ4v) is 4.62. The van der Waals surface area contributed by atoms with Gasteiger partial charge in [-0.05, 0) is 48.9 Å². The average Bonchev–Trinajstić information content (AvgIpc) is 3.11. The second kappa shape index (κ2) is 8.18. The van der Waals surface area contributed by atoms with Gasteiger partial charge in [-0.3, -0.25) is 9.36 Å². The molecule has 0 fully saturated rings. The molecule has 8 heteroatoms. The molecule has 6 nitrogen and oxygen atoms in total. The van der Waals surface area contributed by atoms with Crippen molar-refractivity contribution in [2.24, 2.45) is 7.05 Å². The van der Waals surface area contributed by atoms with Crippen molar-refractivity contribution in [1.82, 2.24) is 13.7 Å². The summed E-state index contributed by atoms with van der Waals surface area (Å²) in [5.41, 5.74) is 2.74. The molecule has 0 aliphatic heterocycles. The minimum atomic E-state index is -0.628. The number of rotatable bonds is 4. The Bertz CT molecular complexity index is 1720. The number of ether oxygens (including phenoxy) is 1. The van der Waals surface area contributed by atoms with Gasteiger partial charge in [-0.15, -0.1) is 0 Å². The molecular weight excluding hydrogens is 457 g/mol. The molecule has 0 saturated heterocycles. The van der Waals surface area contributed by atoms with Gasteiger partial charge in [0.15, 0.2) is 0 Å². The second-order valence-corrected chi connectivity index (χ2v) is 8.64. The number of aromatic nitrogens is 3. The van der Waals surface area contributed by atoms with Crippen molar-refractivity contribution < 1.29 is 9.13 Å². The number of methoxy groups -OCH3 is 1. The van der Waals surface area contributed by atoms with Crippen LogP contribution in [0.3, 0.4) is 0 Å². The van der Waals surface area contributed by atoms with Crippen LogP contribution in [0.1, 0.15) is 11.1 Å². The zero-order chi connectivity index (χ0) is 24.1. The molecule has 0 aliphatic carbocycles. The smallest absolute Gasteiger partial charge is 0.336 e. The molecule has 0 unspecified atom stereocenters. The summed E-state index contributed by atoms with van der Waals surface area (Å²) in [7, 11) is 3.35. The number of fused-ring (bicyclic) bond motifs is 3. The van der Waals surface area contributed by atoms with E-state index in [1.54, 1.807) is 23.3 Å². The number of halogens is 2. The quantitative estimate of drug-likeness (QED) is 0.373. The summed E-state index contributed by atoms with van der Waals surface area (Å²) in [5, 5.41) is 0.555. The Morgan fingerprint density at radius 1 is 1.00 bits per heavy atom. The van der Waals surface area contributed by atoms with Gasteiger partial charge in [0.2, 0.25) is 0 Å². The summed E-state index contributed by atoms with van der Waals surface area (Å²) in [6.07, 6.45) is 0. The first-order valence-electron chi connectivity index (χ1n) is 10.6. The predicted octanol–water partition coefficient (Wildman–Crippen LogP) is 4.80. The topological polar surface area (TPSA) is 58.2 Å². The van der Waals surface area contributed by atoms with Crippen molar-refractivity contribution in [3.63, 3.8) is 0 Å². The molecular formula is C26H21ClFN3O3. The van der Waals surface area contributed by atoms with E-state index in [2.05, 4.69) is 0 Å². The SMILES string of the molecule is COc1ccc2c(c1)c1c(c(=O)n(-c3ccc(F)c(Cl)c3)c(=O)n1Cc1cccc(C)c1)n2C. The van der Waals surface area contributed by atoms with Crippen LogP contribution in [0.4, 0.5) is 4.39 Å². The average molecular weight is 478 g/mol. The molecule has 0 spiro atoms. The highest BCUT2D eigenvalue weighted by Crippen LogP contribution is 2.30. The third-order valence-corrected chi connectivity index (χ3v) is 6.35. The van der Waals surface area contributed by atoms with Crippen molar-refractivity contribution in [2.75, 3.05) is 7.11 Å². The molecule has 0 radical (unpaired) electrons. The lowest BCUT2D eigenvalue weighted by Gasteiger charge is -2.14. The Morgan fingerprint density at radius 3 is 2.50 bits per heavy atom. The maximum absolute atomic E-state index is 13.8. The summed E-state index contributed by atoms with van der Waals surface area (Å²) < 4.78 is 23.6. The predicted molar refractivity (Wildman–Crippen MR) is 132 cm³/mol. The summed E-state index contributed by atoms with van der Waals surface area (Å²) in [6.45, 7) is 2.22. The lowest BCUT2D eigenvalue weighted by Crippen LogP contribution is -2.39. The zero-order valence-corrected chi connectivity index (χ0v) is 19.6. The van der Waals surface area contributed by atoms with Crippen LogP contribution in [0.5, 0.6) is 5.75 Å². The molecule has 172 valence electrons. The van der Waals surface area contributed by atoms with Crippen LogP contribution >= 0.6 is 11.6 Å². The van der Waals surface area contributed by atoms with E-state index in [4.69, 9.17) is 16.3 Å². The molecule has 2 aromatic heterocycles. The number of nitrogens with zero attached hydrogens (tertiary/aromatic N) is 3. The van der Waals surface area contributed by atoms with E-state index in [1.165, 1.54) is 12.1 Å². The number of hydrogen-bond donors (Lipinski definition) is 0. The molecule has 2 heterocycles. The monoisotopic (exact) mass is 477 g/mol. The van der Waals surface area contributed by atoms with Gasteiger partial charge in [-0.1, -0.05) is 41.4 Å². The van der Waals surface area contributed by atoms with Crippen molar-refractivity contribution in [3.8, 4) is 11.4 Å². The van der Waals surface area contributed by atoms with Gasteiger partial charge in [0.25, 0.3) is 5.56 Å². The highest BCUT2D eigenvalue weighted by molar-refractivity contribution is 6.30. The summed E-state index contributed by atoms with van der Waals surface area (Å²) >= 11 is 5.98. The van der Waals surface area contributed by atoms with Crippen LogP contribution in [0.25, 0.3) is 27.6 Å². The fourth-order valence-electron chi connectivity index (χ4n) is 4.45. The van der Waals surface area contributed by atoms with Crippen LogP contribution < -0.4 is 16.0 Å².